The van der Waals surface area contributed by atoms with Crippen LogP contribution in [0.2, 0.25) is 0 Å². The normalized spacial score (nSPS) is 12.1. The van der Waals surface area contributed by atoms with Gasteiger partial charge >= 0.3 is 16.5 Å². The summed E-state index contributed by atoms with van der Waals surface area (Å²) in [6, 6.07) is 14.9. The van der Waals surface area contributed by atoms with Gasteiger partial charge in [0, 0.05) is 22.3 Å². The third kappa shape index (κ3) is 36.5. The van der Waals surface area contributed by atoms with E-state index in [-0.39, 0.29) is 16.5 Å². The van der Waals surface area contributed by atoms with Gasteiger partial charge in [0.1, 0.15) is 0 Å². The van der Waals surface area contributed by atoms with Gasteiger partial charge in [0.2, 0.25) is 11.4 Å². The summed E-state index contributed by atoms with van der Waals surface area (Å²) in [5.41, 5.74) is 26.1. The Hall–Kier alpha value is -2.51. The maximum atomic E-state index is 12.8. The third-order valence-corrected chi connectivity index (χ3v) is 15.8. The minimum atomic E-state index is 0. The Kier molecular flexibility index (Phi) is 52.3. The maximum absolute atomic E-state index is 12.8. The van der Waals surface area contributed by atoms with E-state index in [9.17, 15) is 5.53 Å². The van der Waals surface area contributed by atoms with E-state index in [1.54, 1.807) is 16.8 Å². The molecule has 442 valence electrons. The van der Waals surface area contributed by atoms with Crippen molar-refractivity contribution in [3.05, 3.63) is 112 Å². The Morgan fingerprint density at radius 2 is 0.519 bits per heavy atom. The molecule has 77 heavy (non-hydrogen) atoms. The van der Waals surface area contributed by atoms with E-state index in [2.05, 4.69) is 91.8 Å². The van der Waals surface area contributed by atoms with Gasteiger partial charge in [-0.2, -0.15) is 0 Å². The van der Waals surface area contributed by atoms with Gasteiger partial charge in [-0.1, -0.05) is 286 Å². The van der Waals surface area contributed by atoms with Crippen LogP contribution in [0.1, 0.15) is 358 Å². The molecule has 2 aromatic rings. The van der Waals surface area contributed by atoms with Crippen LogP contribution in [0.3, 0.4) is 0 Å². The summed E-state index contributed by atoms with van der Waals surface area (Å²) >= 11 is 0. The Bertz CT molecular complexity index is 1690. The van der Waals surface area contributed by atoms with Crippen molar-refractivity contribution in [1.82, 2.24) is 0 Å². The van der Waals surface area contributed by atoms with E-state index >= 15 is 0 Å². The smallest absolute Gasteiger partial charge is 0.518 e. The molecule has 2 nitrogen and oxygen atoms in total. The van der Waals surface area contributed by atoms with Crippen LogP contribution in [0.5, 0.6) is 0 Å². The number of unbranched alkanes of at least 4 members (excludes halogenated alkanes) is 32. The first-order chi connectivity index (χ1) is 37.3. The van der Waals surface area contributed by atoms with Gasteiger partial charge in [-0.3, -0.25) is 12.2 Å². The van der Waals surface area contributed by atoms with E-state index in [0.717, 1.165) is 75.6 Å². The summed E-state index contributed by atoms with van der Waals surface area (Å²) in [6.07, 6.45) is 62.1. The van der Waals surface area contributed by atoms with E-state index in [1.807, 2.05) is 0 Å². The van der Waals surface area contributed by atoms with Crippen molar-refractivity contribution in [2.45, 2.75) is 351 Å². The number of benzene rings is 2. The second-order valence-corrected chi connectivity index (χ2v) is 23.2. The average Bonchev–Trinajstić information content (AvgIpc) is 3.74. The largest absolute Gasteiger partial charge is 2.00 e. The third-order valence-electron chi connectivity index (χ3n) is 15.8. The number of allylic oxidation sites excluding steroid dienone is 4. The van der Waals surface area contributed by atoms with Crippen LogP contribution in [0.25, 0.3) is 16.9 Å². The topological polar surface area (TPSA) is 25.3 Å². The molecule has 0 radical (unpaired) electrons. The fourth-order valence-corrected chi connectivity index (χ4v) is 11.1. The number of hydrogen-bond acceptors (Lipinski definition) is 0. The van der Waals surface area contributed by atoms with Crippen molar-refractivity contribution in [1.29, 1.82) is 0 Å². The van der Waals surface area contributed by atoms with Crippen LogP contribution < -0.4 is 0 Å². The molecule has 0 saturated heterocycles. The first kappa shape index (κ1) is 74.5. The van der Waals surface area contributed by atoms with Gasteiger partial charge < -0.3 is 18.7 Å². The molecule has 1 aliphatic heterocycles. The molecule has 0 unspecified atom stereocenters. The van der Waals surface area contributed by atoms with Gasteiger partial charge in [0.05, 0.1) is 0 Å². The summed E-state index contributed by atoms with van der Waals surface area (Å²) in [5.74, 6) is 0. The van der Waals surface area contributed by atoms with Crippen LogP contribution in [-0.2, 0) is 42.2 Å². The number of rotatable bonds is 48. The van der Waals surface area contributed by atoms with Crippen molar-refractivity contribution in [2.24, 2.45) is 0 Å². The fraction of sp³-hybridized carbons (Fsp3) is 0.730. The van der Waals surface area contributed by atoms with Gasteiger partial charge in [0.15, 0.2) is 0 Å². The van der Waals surface area contributed by atoms with Crippen molar-refractivity contribution in [2.75, 3.05) is 0 Å². The fourth-order valence-electron chi connectivity index (χ4n) is 11.1. The molecular formula is C74H126N2Ni. The average molecular weight is 1100 g/mol. The summed E-state index contributed by atoms with van der Waals surface area (Å²) in [5, 5.41) is 0. The predicted molar refractivity (Wildman–Crippen MR) is 342 cm³/mol. The van der Waals surface area contributed by atoms with Crippen molar-refractivity contribution < 1.29 is 21.2 Å². The molecule has 3 rings (SSSR count). The Morgan fingerprint density at radius 1 is 0.299 bits per heavy atom. The van der Waals surface area contributed by atoms with Crippen LogP contribution >= 0.6 is 0 Å². The summed E-state index contributed by atoms with van der Waals surface area (Å²) < 4.78 is 1.70. The van der Waals surface area contributed by atoms with Crippen LogP contribution in [0.15, 0.2) is 59.7 Å². The molecule has 0 spiro atoms. The SMILES string of the molecule is CCCCCCCCc1cc(CCCCCCCC)cc(C2=C(CCCCCC)C(CCCC)=C(c3cc(CCCCCC)cc(CCCCCC)c3)[N+]2=[N-])c1.[CH-]=CCCCCCCCC.[CH-]=CCCCCCCCC.[Ni+2]. The zero-order chi connectivity index (χ0) is 55.5. The molecule has 3 heteroatoms. The molecule has 0 N–H and O–H groups in total. The quantitative estimate of drug-likeness (QED) is 0.0273. The monoisotopic (exact) mass is 1100 g/mol. The minimum Gasteiger partial charge on any atom is -0.518 e. The molecule has 0 aliphatic carbocycles. The number of nitrogens with zero attached hydrogens (tertiary/aromatic N) is 2. The van der Waals surface area contributed by atoms with Crippen molar-refractivity contribution >= 4 is 11.4 Å². The van der Waals surface area contributed by atoms with Gasteiger partial charge in [-0.05, 0) is 124 Å². The Balaban J connectivity index is 0.00000230. The van der Waals surface area contributed by atoms with Crippen molar-refractivity contribution in [3.8, 4) is 0 Å². The second kappa shape index (κ2) is 54.1. The second-order valence-electron chi connectivity index (χ2n) is 23.2. The molecule has 1 heterocycles. The van der Waals surface area contributed by atoms with Crippen molar-refractivity contribution in [3.63, 3.8) is 0 Å². The number of hydrogen-bond donors (Lipinski definition) is 0. The first-order valence-corrected chi connectivity index (χ1v) is 33.6. The minimum absolute atomic E-state index is 0. The molecule has 0 aromatic heterocycles. The van der Waals surface area contributed by atoms with Crippen LogP contribution in [-0.4, -0.2) is 4.70 Å². The molecule has 0 atom stereocenters. The van der Waals surface area contributed by atoms with Gasteiger partial charge in [0.25, 0.3) is 0 Å². The molecule has 1 aliphatic rings. The zero-order valence-corrected chi connectivity index (χ0v) is 53.5. The van der Waals surface area contributed by atoms with E-state index in [4.69, 9.17) is 13.2 Å². The molecule has 0 saturated carbocycles. The van der Waals surface area contributed by atoms with E-state index in [0.29, 0.717) is 0 Å². The number of aryl methyl sites for hydroxylation is 4. The molecule has 0 fully saturated rings. The van der Waals surface area contributed by atoms with E-state index in [1.165, 1.54) is 276 Å². The van der Waals surface area contributed by atoms with Gasteiger partial charge in [-0.15, -0.1) is 0 Å². The maximum Gasteiger partial charge on any atom is 2.00 e. The molecule has 2 aromatic carbocycles. The summed E-state index contributed by atoms with van der Waals surface area (Å²) in [7, 11) is 0. The summed E-state index contributed by atoms with van der Waals surface area (Å²) in [6.45, 7) is 28.8. The van der Waals surface area contributed by atoms with Crippen LogP contribution in [0.4, 0.5) is 0 Å². The Labute approximate surface area is 492 Å². The van der Waals surface area contributed by atoms with Gasteiger partial charge in [-0.25, -0.2) is 4.70 Å². The standard InChI is InChI=1S/C54H88N2.2C10H19.Ni/c1-7-13-19-24-26-30-35-47-40-48(36-31-27-25-20-14-8-2)44-50(43-47)54-52(38-32-23-17-11-5)51(37-18-12-6)53(56(54)55)49-41-45(33-28-21-15-9-3)39-46(42-49)34-29-22-16-10-4;2*1-3-5-7-9-10-8-6-4-2;/h39-44H,7-38H2,1-6H3;2*1,3H,4-10H2,2H3;/q;2*-1;+2. The van der Waals surface area contributed by atoms with Crippen LogP contribution in [0, 0.1) is 13.2 Å². The van der Waals surface area contributed by atoms with E-state index < -0.39 is 0 Å². The first-order valence-electron chi connectivity index (χ1n) is 33.6. The predicted octanol–water partition coefficient (Wildman–Crippen LogP) is 25.5. The Morgan fingerprint density at radius 3 is 0.792 bits per heavy atom. The molecular weight excluding hydrogens is 976 g/mol. The molecule has 0 bridgehead atoms. The molecule has 0 amide bonds. The summed E-state index contributed by atoms with van der Waals surface area (Å²) in [4.78, 5) is 0. The zero-order valence-electron chi connectivity index (χ0n) is 52.5.